The van der Waals surface area contributed by atoms with Gasteiger partial charge in [0.2, 0.25) is 7.28 Å². The summed E-state index contributed by atoms with van der Waals surface area (Å²) in [6.45, 7) is 2.22. The van der Waals surface area contributed by atoms with Gasteiger partial charge in [-0.2, -0.15) is 4.91 Å². The molecule has 0 saturated carbocycles. The molecule has 2 rings (SSSR count). The minimum absolute atomic E-state index is 0.235. The highest BCUT2D eigenvalue weighted by molar-refractivity contribution is 6.85. The molecule has 0 saturated heterocycles. The van der Waals surface area contributed by atoms with E-state index in [4.69, 9.17) is 0 Å². The highest BCUT2D eigenvalue weighted by atomic mass is 16.3. The average Bonchev–Trinajstić information content (AvgIpc) is 2.66. The zero-order valence-electron chi connectivity index (χ0n) is 8.47. The van der Waals surface area contributed by atoms with Gasteiger partial charge >= 0.3 is 0 Å². The molecule has 0 bridgehead atoms. The monoisotopic (exact) mass is 197 g/mol. The van der Waals surface area contributed by atoms with Gasteiger partial charge in [0.05, 0.1) is 0 Å². The fourth-order valence-electron chi connectivity index (χ4n) is 1.58. The van der Waals surface area contributed by atoms with Crippen molar-refractivity contribution in [1.82, 2.24) is 0 Å². The van der Waals surface area contributed by atoms with Gasteiger partial charge in [-0.1, -0.05) is 34.9 Å². The highest BCUT2D eigenvalue weighted by Gasteiger charge is 2.10. The van der Waals surface area contributed by atoms with Gasteiger partial charge in [0.25, 0.3) is 0 Å². The molecule has 1 radical (unpaired) electrons. The van der Waals surface area contributed by atoms with Crippen molar-refractivity contribution >= 4 is 18.9 Å². The van der Waals surface area contributed by atoms with Gasteiger partial charge in [0.15, 0.2) is 0 Å². The first-order chi connectivity index (χ1) is 7.31. The Hall–Kier alpha value is -1.71. The molecule has 73 valence electrons. The van der Waals surface area contributed by atoms with Crippen molar-refractivity contribution in [2.45, 2.75) is 13.5 Å². The number of rotatable bonds is 3. The lowest BCUT2D eigenvalue weighted by molar-refractivity contribution is 1.05. The Kier molecular flexibility index (Phi) is 2.76. The van der Waals surface area contributed by atoms with Crippen LogP contribution in [0.25, 0.3) is 5.47 Å². The lowest BCUT2D eigenvalue weighted by atomic mass is 9.69. The summed E-state index contributed by atoms with van der Waals surface area (Å²) < 4.78 is 0. The van der Waals surface area contributed by atoms with E-state index >= 15 is 0 Å². The van der Waals surface area contributed by atoms with Gasteiger partial charge in [-0.25, -0.2) is 0 Å². The van der Waals surface area contributed by atoms with E-state index in [0.29, 0.717) is 0 Å². The molecule has 1 aromatic carbocycles. The number of hydrogen-bond donors (Lipinski definition) is 0. The van der Waals surface area contributed by atoms with Crippen LogP contribution in [0, 0.1) is 4.91 Å². The number of benzene rings is 1. The zero-order chi connectivity index (χ0) is 10.7. The summed E-state index contributed by atoms with van der Waals surface area (Å²) in [6, 6.07) is 7.82. The predicted octanol–water partition coefficient (Wildman–Crippen LogP) is 2.39. The molecule has 1 aliphatic rings. The van der Waals surface area contributed by atoms with E-state index in [1.165, 1.54) is 0 Å². The Morgan fingerprint density at radius 1 is 1.33 bits per heavy atom. The molecular formula is C11H10BN2O. The van der Waals surface area contributed by atoms with E-state index in [-0.39, 0.29) is 6.54 Å². The molecule has 0 aliphatic carbocycles. The normalized spacial score (nSPS) is 14.2. The van der Waals surface area contributed by atoms with Crippen LogP contribution in [0.15, 0.2) is 40.1 Å². The molecule has 0 N–H and O–H groups in total. The second-order valence-electron chi connectivity index (χ2n) is 3.43. The summed E-state index contributed by atoms with van der Waals surface area (Å²) in [5.41, 5.74) is 4.22. The number of hydrogen-bond acceptors (Lipinski definition) is 3. The largest absolute Gasteiger partial charge is 0.277 e. The summed E-state index contributed by atoms with van der Waals surface area (Å²) in [5, 5.41) is 2.85. The third-order valence-electron chi connectivity index (χ3n) is 2.41. The van der Waals surface area contributed by atoms with Gasteiger partial charge in [0.1, 0.15) is 6.54 Å². The van der Waals surface area contributed by atoms with Crippen LogP contribution in [0.3, 0.4) is 0 Å². The molecule has 3 nitrogen and oxygen atoms in total. The first-order valence-corrected chi connectivity index (χ1v) is 4.78. The maximum absolute atomic E-state index is 10.1. The summed E-state index contributed by atoms with van der Waals surface area (Å²) in [6.07, 6.45) is 1.80. The quantitative estimate of drug-likeness (QED) is 0.541. The molecule has 4 heteroatoms. The highest BCUT2D eigenvalue weighted by Crippen LogP contribution is 2.21. The van der Waals surface area contributed by atoms with Crippen molar-refractivity contribution in [3.63, 3.8) is 0 Å². The first-order valence-electron chi connectivity index (χ1n) is 4.78. The summed E-state index contributed by atoms with van der Waals surface area (Å²) in [4.78, 5) is 14.3. The number of aliphatic imine (C=N–C) groups is 1. The Balaban J connectivity index is 2.24. The lowest BCUT2D eigenvalue weighted by Crippen LogP contribution is -1.94. The topological polar surface area (TPSA) is 41.8 Å². The fourth-order valence-corrected chi connectivity index (χ4v) is 1.58. The van der Waals surface area contributed by atoms with Crippen LogP contribution in [-0.4, -0.2) is 13.4 Å². The molecule has 0 atom stereocenters. The van der Waals surface area contributed by atoms with Gasteiger partial charge in [-0.15, -0.1) is 0 Å². The Bertz CT molecular complexity index is 434. The van der Waals surface area contributed by atoms with Crippen LogP contribution in [0.2, 0.25) is 0 Å². The Labute approximate surface area is 89.1 Å². The van der Waals surface area contributed by atoms with E-state index in [1.54, 1.807) is 6.11 Å². The molecule has 1 aliphatic heterocycles. The lowest BCUT2D eigenvalue weighted by Gasteiger charge is -2.03. The third-order valence-corrected chi connectivity index (χ3v) is 2.41. The number of nitroso groups, excluding NO2 is 1. The van der Waals surface area contributed by atoms with Crippen LogP contribution in [0.1, 0.15) is 18.1 Å². The molecule has 0 aromatic heterocycles. The van der Waals surface area contributed by atoms with Gasteiger partial charge in [-0.3, -0.25) is 4.99 Å². The van der Waals surface area contributed by atoms with Crippen molar-refractivity contribution in [1.29, 1.82) is 0 Å². The van der Waals surface area contributed by atoms with E-state index in [9.17, 15) is 4.91 Å². The predicted molar refractivity (Wildman–Crippen MR) is 62.8 cm³/mol. The third kappa shape index (κ3) is 2.04. The average molecular weight is 197 g/mol. The van der Waals surface area contributed by atoms with Crippen LogP contribution < -0.4 is 0 Å². The number of allylic oxidation sites excluding steroid dienone is 1. The molecule has 1 heterocycles. The van der Waals surface area contributed by atoms with Crippen molar-refractivity contribution < 1.29 is 0 Å². The van der Waals surface area contributed by atoms with Gasteiger partial charge < -0.3 is 0 Å². The molecule has 0 amide bonds. The van der Waals surface area contributed by atoms with Gasteiger partial charge in [-0.05, 0) is 24.2 Å². The molecular weight excluding hydrogens is 187 g/mol. The minimum Gasteiger partial charge on any atom is -0.277 e. The zero-order valence-corrected chi connectivity index (χ0v) is 8.47. The van der Waals surface area contributed by atoms with Crippen LogP contribution in [0.5, 0.6) is 0 Å². The van der Waals surface area contributed by atoms with E-state index in [2.05, 4.69) is 10.2 Å². The molecule has 0 unspecified atom stereocenters. The van der Waals surface area contributed by atoms with Crippen LogP contribution in [0.4, 0.5) is 0 Å². The van der Waals surface area contributed by atoms with Crippen molar-refractivity contribution in [2.75, 3.05) is 0 Å². The van der Waals surface area contributed by atoms with E-state index in [1.807, 2.05) is 38.5 Å². The van der Waals surface area contributed by atoms with Gasteiger partial charge in [0, 0.05) is 5.70 Å². The number of nitrogens with zero attached hydrogens (tertiary/aromatic N) is 2. The Morgan fingerprint density at radius 2 is 2.07 bits per heavy atom. The molecule has 15 heavy (non-hydrogen) atoms. The maximum atomic E-state index is 10.1. The Morgan fingerprint density at radius 3 is 2.60 bits per heavy atom. The summed E-state index contributed by atoms with van der Waals surface area (Å²) in [5.74, 6) is 0. The minimum atomic E-state index is 0.235. The van der Waals surface area contributed by atoms with E-state index < -0.39 is 0 Å². The second kappa shape index (κ2) is 4.21. The molecule has 0 spiro atoms. The van der Waals surface area contributed by atoms with Crippen molar-refractivity contribution in [2.24, 2.45) is 10.2 Å². The van der Waals surface area contributed by atoms with Crippen LogP contribution in [-0.2, 0) is 6.54 Å². The SMILES string of the molecule is CC1=C(c2ccc(CN=O)cc2)[B]C=N1. The van der Waals surface area contributed by atoms with Crippen LogP contribution >= 0.6 is 0 Å². The standard InChI is InChI=1S/C11H10BN2O/c1-8-11(12-7-13-8)10-4-2-9(3-5-10)6-14-15/h2-5,7H,6H2,1H3. The molecule has 0 fully saturated rings. The second-order valence-corrected chi connectivity index (χ2v) is 3.43. The first kappa shape index (κ1) is 9.83. The smallest absolute Gasteiger partial charge is 0.209 e. The maximum Gasteiger partial charge on any atom is 0.209 e. The summed E-state index contributed by atoms with van der Waals surface area (Å²) in [7, 11) is 1.99. The van der Waals surface area contributed by atoms with E-state index in [0.717, 1.165) is 22.3 Å². The fraction of sp³-hybridized carbons (Fsp3) is 0.182. The van der Waals surface area contributed by atoms with Crippen molar-refractivity contribution in [3.8, 4) is 0 Å². The van der Waals surface area contributed by atoms with Crippen molar-refractivity contribution in [3.05, 3.63) is 46.0 Å². The molecule has 1 aromatic rings. The summed E-state index contributed by atoms with van der Waals surface area (Å²) >= 11 is 0.